The molecular formula is C11H8ClF3N4OS. The Bertz CT molecular complexity index is 659. The second-order valence-electron chi connectivity index (χ2n) is 3.65. The van der Waals surface area contributed by atoms with Crippen LogP contribution in [0.15, 0.2) is 28.7 Å². The van der Waals surface area contributed by atoms with Crippen molar-refractivity contribution in [3.63, 3.8) is 0 Å². The van der Waals surface area contributed by atoms with E-state index >= 15 is 0 Å². The Morgan fingerprint density at radius 1 is 1.43 bits per heavy atom. The topological polar surface area (TPSA) is 72.5 Å². The number of nitrogen functional groups attached to an aromatic ring is 1. The average molecular weight is 337 g/mol. The quantitative estimate of drug-likeness (QED) is 0.659. The van der Waals surface area contributed by atoms with Gasteiger partial charge in [0.1, 0.15) is 11.6 Å². The van der Waals surface area contributed by atoms with Gasteiger partial charge >= 0.3 is 6.36 Å². The molecule has 0 fully saturated rings. The smallest absolute Gasteiger partial charge is 0.405 e. The summed E-state index contributed by atoms with van der Waals surface area (Å²) in [5.74, 6) is -0.129. The molecule has 0 aliphatic rings. The van der Waals surface area contributed by atoms with Gasteiger partial charge in [0.25, 0.3) is 0 Å². The molecule has 0 unspecified atom stereocenters. The summed E-state index contributed by atoms with van der Waals surface area (Å²) < 4.78 is 40.8. The number of ether oxygens (including phenoxy) is 1. The minimum Gasteiger partial charge on any atom is -0.405 e. The number of aromatic nitrogens is 1. The maximum Gasteiger partial charge on any atom is 0.573 e. The summed E-state index contributed by atoms with van der Waals surface area (Å²) in [6.07, 6.45) is -3.70. The zero-order chi connectivity index (χ0) is 15.5. The first-order chi connectivity index (χ1) is 9.85. The van der Waals surface area contributed by atoms with Crippen molar-refractivity contribution in [3.05, 3.63) is 34.2 Å². The Morgan fingerprint density at radius 2 is 2.19 bits per heavy atom. The molecular weight excluding hydrogens is 329 g/mol. The molecule has 0 saturated carbocycles. The van der Waals surface area contributed by atoms with E-state index in [4.69, 9.17) is 17.3 Å². The SMILES string of the molecule is Nc1csc(NN=Cc2c(Cl)cccc2OC(F)(F)F)n1. The van der Waals surface area contributed by atoms with E-state index in [0.717, 1.165) is 12.3 Å². The third kappa shape index (κ3) is 4.50. The van der Waals surface area contributed by atoms with Gasteiger partial charge in [0.05, 0.1) is 16.8 Å². The molecule has 1 heterocycles. The van der Waals surface area contributed by atoms with Crippen LogP contribution in [-0.4, -0.2) is 17.6 Å². The highest BCUT2D eigenvalue weighted by Gasteiger charge is 2.32. The summed E-state index contributed by atoms with van der Waals surface area (Å²) in [5, 5.41) is 5.82. The van der Waals surface area contributed by atoms with Crippen LogP contribution in [0.4, 0.5) is 24.1 Å². The summed E-state index contributed by atoms with van der Waals surface area (Å²) in [5.41, 5.74) is 7.95. The van der Waals surface area contributed by atoms with Gasteiger partial charge in [-0.05, 0) is 12.1 Å². The van der Waals surface area contributed by atoms with Crippen LogP contribution in [0.25, 0.3) is 0 Å². The number of rotatable bonds is 4. The summed E-state index contributed by atoms with van der Waals surface area (Å²) in [4.78, 5) is 3.87. The Morgan fingerprint density at radius 3 is 2.81 bits per heavy atom. The fraction of sp³-hybridized carbons (Fsp3) is 0.0909. The first-order valence-corrected chi connectivity index (χ1v) is 6.65. The molecule has 0 aliphatic heterocycles. The second-order valence-corrected chi connectivity index (χ2v) is 4.91. The molecule has 0 radical (unpaired) electrons. The number of benzene rings is 1. The predicted molar refractivity (Wildman–Crippen MR) is 75.9 cm³/mol. The molecule has 0 amide bonds. The molecule has 21 heavy (non-hydrogen) atoms. The lowest BCUT2D eigenvalue weighted by Gasteiger charge is -2.11. The number of anilines is 2. The van der Waals surface area contributed by atoms with Crippen LogP contribution < -0.4 is 15.9 Å². The average Bonchev–Trinajstić information content (AvgIpc) is 2.77. The first-order valence-electron chi connectivity index (χ1n) is 5.39. The molecule has 1 aromatic carbocycles. The standard InChI is InChI=1S/C11H8ClF3N4OS/c12-7-2-1-3-8(20-11(13,14)15)6(7)4-17-19-10-18-9(16)5-21-10/h1-5H,16H2,(H,18,19). The van der Waals surface area contributed by atoms with Gasteiger partial charge in [-0.1, -0.05) is 17.7 Å². The Kier molecular flexibility index (Phi) is 4.53. The zero-order valence-corrected chi connectivity index (χ0v) is 11.8. The second kappa shape index (κ2) is 6.19. The summed E-state index contributed by atoms with van der Waals surface area (Å²) in [6, 6.07) is 3.91. The molecule has 5 nitrogen and oxygen atoms in total. The number of nitrogens with one attached hydrogen (secondary N) is 1. The van der Waals surface area contributed by atoms with Gasteiger partial charge in [0, 0.05) is 5.38 Å². The molecule has 3 N–H and O–H groups in total. The number of nitrogens with two attached hydrogens (primary N) is 1. The van der Waals surface area contributed by atoms with E-state index in [9.17, 15) is 13.2 Å². The Hall–Kier alpha value is -2.00. The Labute approximate surface area is 126 Å². The normalized spacial score (nSPS) is 11.8. The van der Waals surface area contributed by atoms with Crippen LogP contribution in [-0.2, 0) is 0 Å². The van der Waals surface area contributed by atoms with Crippen LogP contribution in [0.1, 0.15) is 5.56 Å². The highest BCUT2D eigenvalue weighted by molar-refractivity contribution is 7.14. The molecule has 2 rings (SSSR count). The number of hydrazone groups is 1. The van der Waals surface area contributed by atoms with E-state index < -0.39 is 12.1 Å². The van der Waals surface area contributed by atoms with Gasteiger partial charge in [0.15, 0.2) is 0 Å². The molecule has 112 valence electrons. The zero-order valence-electron chi connectivity index (χ0n) is 10.2. The van der Waals surface area contributed by atoms with E-state index in [-0.39, 0.29) is 10.6 Å². The maximum atomic E-state index is 12.3. The van der Waals surface area contributed by atoms with E-state index in [2.05, 4.69) is 20.2 Å². The van der Waals surface area contributed by atoms with Crippen molar-refractivity contribution in [2.75, 3.05) is 11.2 Å². The predicted octanol–water partition coefficient (Wildman–Crippen LogP) is 3.72. The lowest BCUT2D eigenvalue weighted by molar-refractivity contribution is -0.274. The highest BCUT2D eigenvalue weighted by atomic mass is 35.5. The molecule has 0 saturated heterocycles. The van der Waals surface area contributed by atoms with Crippen LogP contribution in [0, 0.1) is 0 Å². The minimum absolute atomic E-state index is 0.00600. The number of nitrogens with zero attached hydrogens (tertiary/aromatic N) is 2. The van der Waals surface area contributed by atoms with Crippen LogP contribution in [0.3, 0.4) is 0 Å². The van der Waals surface area contributed by atoms with Crippen molar-refractivity contribution in [2.24, 2.45) is 5.10 Å². The van der Waals surface area contributed by atoms with Gasteiger partial charge in [-0.25, -0.2) is 4.98 Å². The van der Waals surface area contributed by atoms with E-state index in [0.29, 0.717) is 10.9 Å². The van der Waals surface area contributed by atoms with Crippen molar-refractivity contribution in [1.82, 2.24) is 4.98 Å². The van der Waals surface area contributed by atoms with Crippen molar-refractivity contribution in [1.29, 1.82) is 0 Å². The van der Waals surface area contributed by atoms with E-state index in [1.807, 2.05) is 0 Å². The first kappa shape index (κ1) is 15.4. The van der Waals surface area contributed by atoms with Crippen molar-refractivity contribution in [3.8, 4) is 5.75 Å². The number of alkyl halides is 3. The largest absolute Gasteiger partial charge is 0.573 e. The number of thiazole rings is 1. The molecule has 0 bridgehead atoms. The van der Waals surface area contributed by atoms with Gasteiger partial charge in [0.2, 0.25) is 5.13 Å². The van der Waals surface area contributed by atoms with Gasteiger partial charge < -0.3 is 10.5 Å². The molecule has 10 heteroatoms. The molecule has 0 aliphatic carbocycles. The van der Waals surface area contributed by atoms with Crippen LogP contribution >= 0.6 is 22.9 Å². The highest BCUT2D eigenvalue weighted by Crippen LogP contribution is 2.29. The summed E-state index contributed by atoms with van der Waals surface area (Å²) >= 11 is 7.04. The lowest BCUT2D eigenvalue weighted by atomic mass is 10.2. The Balaban J connectivity index is 2.18. The maximum absolute atomic E-state index is 12.3. The van der Waals surface area contributed by atoms with Crippen molar-refractivity contribution < 1.29 is 17.9 Å². The molecule has 0 atom stereocenters. The third-order valence-electron chi connectivity index (χ3n) is 2.11. The number of hydrogen-bond donors (Lipinski definition) is 2. The fourth-order valence-corrected chi connectivity index (χ4v) is 2.11. The van der Waals surface area contributed by atoms with Gasteiger partial charge in [-0.3, -0.25) is 5.43 Å². The van der Waals surface area contributed by atoms with E-state index in [1.54, 1.807) is 5.38 Å². The molecule has 0 spiro atoms. The minimum atomic E-state index is -4.82. The molecule has 1 aromatic heterocycles. The monoisotopic (exact) mass is 336 g/mol. The van der Waals surface area contributed by atoms with Gasteiger partial charge in [-0.2, -0.15) is 5.10 Å². The lowest BCUT2D eigenvalue weighted by Crippen LogP contribution is -2.18. The van der Waals surface area contributed by atoms with Crippen LogP contribution in [0.5, 0.6) is 5.75 Å². The van der Waals surface area contributed by atoms with Crippen molar-refractivity contribution in [2.45, 2.75) is 6.36 Å². The number of hydrogen-bond acceptors (Lipinski definition) is 6. The third-order valence-corrected chi connectivity index (χ3v) is 3.21. The summed E-state index contributed by atoms with van der Waals surface area (Å²) in [6.45, 7) is 0. The molecule has 2 aromatic rings. The summed E-state index contributed by atoms with van der Waals surface area (Å²) in [7, 11) is 0. The fourth-order valence-electron chi connectivity index (χ4n) is 1.35. The van der Waals surface area contributed by atoms with Crippen LogP contribution in [0.2, 0.25) is 5.02 Å². The van der Waals surface area contributed by atoms with Gasteiger partial charge in [-0.15, -0.1) is 24.5 Å². The van der Waals surface area contributed by atoms with E-state index in [1.165, 1.54) is 23.5 Å². The number of halogens is 4. The van der Waals surface area contributed by atoms with Crippen molar-refractivity contribution >= 4 is 40.1 Å².